The van der Waals surface area contributed by atoms with Gasteiger partial charge in [0.1, 0.15) is 12.0 Å². The standard InChI is InChI=1S/C12H15NO3/c13-9-10-5-1-2-6-11(10)16-12(15)7-3-4-8-14/h1-2,5-6,8H,3-4,7,9,13H2. The van der Waals surface area contributed by atoms with Gasteiger partial charge >= 0.3 is 5.97 Å². The molecule has 0 saturated carbocycles. The van der Waals surface area contributed by atoms with Crippen LogP contribution in [0.5, 0.6) is 5.75 Å². The number of rotatable bonds is 6. The molecular weight excluding hydrogens is 206 g/mol. The summed E-state index contributed by atoms with van der Waals surface area (Å²) in [6, 6.07) is 7.15. The summed E-state index contributed by atoms with van der Waals surface area (Å²) in [4.78, 5) is 21.5. The molecule has 0 spiro atoms. The van der Waals surface area contributed by atoms with E-state index in [0.29, 0.717) is 25.1 Å². The molecule has 0 amide bonds. The van der Waals surface area contributed by atoms with Crippen molar-refractivity contribution in [3.8, 4) is 5.75 Å². The van der Waals surface area contributed by atoms with Gasteiger partial charge in [-0.1, -0.05) is 18.2 Å². The van der Waals surface area contributed by atoms with Crippen LogP contribution in [0.3, 0.4) is 0 Å². The highest BCUT2D eigenvalue weighted by molar-refractivity contribution is 5.73. The van der Waals surface area contributed by atoms with Crippen LogP contribution in [0.4, 0.5) is 0 Å². The average molecular weight is 221 g/mol. The van der Waals surface area contributed by atoms with Gasteiger partial charge in [0, 0.05) is 24.9 Å². The minimum absolute atomic E-state index is 0.248. The zero-order chi connectivity index (χ0) is 11.8. The van der Waals surface area contributed by atoms with Gasteiger partial charge in [-0.2, -0.15) is 0 Å². The number of hydrogen-bond acceptors (Lipinski definition) is 4. The monoisotopic (exact) mass is 221 g/mol. The van der Waals surface area contributed by atoms with Crippen LogP contribution in [-0.2, 0) is 16.1 Å². The maximum atomic E-state index is 11.4. The first-order chi connectivity index (χ1) is 7.77. The molecule has 0 bridgehead atoms. The van der Waals surface area contributed by atoms with Gasteiger partial charge < -0.3 is 15.3 Å². The molecule has 0 aliphatic carbocycles. The summed E-state index contributed by atoms with van der Waals surface area (Å²) in [6.45, 7) is 0.331. The molecule has 2 N–H and O–H groups in total. The quantitative estimate of drug-likeness (QED) is 0.341. The van der Waals surface area contributed by atoms with Crippen LogP contribution in [0.1, 0.15) is 24.8 Å². The number of carbonyl (C=O) groups excluding carboxylic acids is 2. The van der Waals surface area contributed by atoms with Gasteiger partial charge in [0.25, 0.3) is 0 Å². The Hall–Kier alpha value is -1.68. The SMILES string of the molecule is NCc1ccccc1OC(=O)CCCC=O. The number of benzene rings is 1. The second kappa shape index (κ2) is 6.74. The highest BCUT2D eigenvalue weighted by Crippen LogP contribution is 2.17. The Kier molecular flexibility index (Phi) is 5.22. The van der Waals surface area contributed by atoms with Gasteiger partial charge in [-0.05, 0) is 12.5 Å². The maximum absolute atomic E-state index is 11.4. The molecule has 4 heteroatoms. The van der Waals surface area contributed by atoms with Crippen molar-refractivity contribution in [1.29, 1.82) is 0 Å². The third-order valence-corrected chi connectivity index (χ3v) is 2.12. The van der Waals surface area contributed by atoms with E-state index in [1.54, 1.807) is 12.1 Å². The molecule has 86 valence electrons. The van der Waals surface area contributed by atoms with E-state index in [2.05, 4.69) is 0 Å². The highest BCUT2D eigenvalue weighted by atomic mass is 16.5. The first-order valence-corrected chi connectivity index (χ1v) is 5.20. The fourth-order valence-corrected chi connectivity index (χ4v) is 1.28. The summed E-state index contributed by atoms with van der Waals surface area (Å²) in [5, 5.41) is 0. The second-order valence-electron chi connectivity index (χ2n) is 3.34. The molecule has 0 heterocycles. The Labute approximate surface area is 94.4 Å². The Balaban J connectivity index is 2.52. The number of carbonyl (C=O) groups is 2. The van der Waals surface area contributed by atoms with E-state index in [1.807, 2.05) is 12.1 Å². The summed E-state index contributed by atoms with van der Waals surface area (Å²) in [5.74, 6) is 0.170. The van der Waals surface area contributed by atoms with Gasteiger partial charge in [0.05, 0.1) is 0 Å². The summed E-state index contributed by atoms with van der Waals surface area (Å²) >= 11 is 0. The third kappa shape index (κ3) is 3.82. The van der Waals surface area contributed by atoms with Crippen molar-refractivity contribution in [1.82, 2.24) is 0 Å². The molecule has 0 atom stereocenters. The van der Waals surface area contributed by atoms with E-state index < -0.39 is 0 Å². The summed E-state index contributed by atoms with van der Waals surface area (Å²) in [6.07, 6.45) is 1.94. The molecular formula is C12H15NO3. The molecule has 0 saturated heterocycles. The van der Waals surface area contributed by atoms with E-state index in [0.717, 1.165) is 11.8 Å². The molecule has 0 unspecified atom stereocenters. The average Bonchev–Trinajstić information content (AvgIpc) is 2.30. The lowest BCUT2D eigenvalue weighted by atomic mass is 10.2. The normalized spacial score (nSPS) is 9.81. The Morgan fingerprint density at radius 2 is 2.12 bits per heavy atom. The van der Waals surface area contributed by atoms with Crippen LogP contribution >= 0.6 is 0 Å². The predicted octanol–water partition coefficient (Wildman–Crippen LogP) is 1.42. The summed E-state index contributed by atoms with van der Waals surface area (Å²) in [5.41, 5.74) is 6.31. The number of para-hydroxylation sites is 1. The Morgan fingerprint density at radius 3 is 2.81 bits per heavy atom. The lowest BCUT2D eigenvalue weighted by molar-refractivity contribution is -0.134. The fourth-order valence-electron chi connectivity index (χ4n) is 1.28. The number of nitrogens with two attached hydrogens (primary N) is 1. The van der Waals surface area contributed by atoms with E-state index in [-0.39, 0.29) is 12.4 Å². The van der Waals surface area contributed by atoms with E-state index >= 15 is 0 Å². The van der Waals surface area contributed by atoms with Crippen LogP contribution in [0, 0.1) is 0 Å². The van der Waals surface area contributed by atoms with Crippen molar-refractivity contribution < 1.29 is 14.3 Å². The topological polar surface area (TPSA) is 69.4 Å². The smallest absolute Gasteiger partial charge is 0.311 e. The summed E-state index contributed by atoms with van der Waals surface area (Å²) < 4.78 is 5.15. The molecule has 0 aliphatic heterocycles. The zero-order valence-electron chi connectivity index (χ0n) is 9.02. The van der Waals surface area contributed by atoms with Crippen LogP contribution in [0.25, 0.3) is 0 Å². The minimum atomic E-state index is -0.331. The van der Waals surface area contributed by atoms with E-state index in [9.17, 15) is 9.59 Å². The van der Waals surface area contributed by atoms with Crippen molar-refractivity contribution >= 4 is 12.3 Å². The van der Waals surface area contributed by atoms with E-state index in [1.165, 1.54) is 0 Å². The number of esters is 1. The lowest BCUT2D eigenvalue weighted by Gasteiger charge is -2.07. The number of ether oxygens (including phenoxy) is 1. The molecule has 0 aliphatic rings. The van der Waals surface area contributed by atoms with Gasteiger partial charge in [-0.25, -0.2) is 0 Å². The molecule has 0 fully saturated rings. The van der Waals surface area contributed by atoms with Gasteiger partial charge in [0.2, 0.25) is 0 Å². The lowest BCUT2D eigenvalue weighted by Crippen LogP contribution is -2.10. The largest absolute Gasteiger partial charge is 0.426 e. The van der Waals surface area contributed by atoms with Crippen molar-refractivity contribution in [2.75, 3.05) is 0 Å². The number of aldehydes is 1. The minimum Gasteiger partial charge on any atom is -0.426 e. The first kappa shape index (κ1) is 12.4. The highest BCUT2D eigenvalue weighted by Gasteiger charge is 2.07. The zero-order valence-corrected chi connectivity index (χ0v) is 9.02. The van der Waals surface area contributed by atoms with Crippen molar-refractivity contribution in [3.63, 3.8) is 0 Å². The third-order valence-electron chi connectivity index (χ3n) is 2.12. The molecule has 16 heavy (non-hydrogen) atoms. The first-order valence-electron chi connectivity index (χ1n) is 5.20. The van der Waals surface area contributed by atoms with Gasteiger partial charge in [0.15, 0.2) is 0 Å². The molecule has 0 radical (unpaired) electrons. The molecule has 1 aromatic carbocycles. The molecule has 4 nitrogen and oxygen atoms in total. The van der Waals surface area contributed by atoms with Crippen molar-refractivity contribution in [3.05, 3.63) is 29.8 Å². The van der Waals surface area contributed by atoms with Crippen LogP contribution in [-0.4, -0.2) is 12.3 Å². The van der Waals surface area contributed by atoms with Crippen LogP contribution in [0.15, 0.2) is 24.3 Å². The second-order valence-corrected chi connectivity index (χ2v) is 3.34. The van der Waals surface area contributed by atoms with Gasteiger partial charge in [-0.15, -0.1) is 0 Å². The van der Waals surface area contributed by atoms with Crippen LogP contribution < -0.4 is 10.5 Å². The number of unbranched alkanes of at least 4 members (excludes halogenated alkanes) is 1. The maximum Gasteiger partial charge on any atom is 0.311 e. The predicted molar refractivity (Wildman–Crippen MR) is 59.9 cm³/mol. The Bertz CT molecular complexity index is 363. The van der Waals surface area contributed by atoms with Gasteiger partial charge in [-0.3, -0.25) is 4.79 Å². The summed E-state index contributed by atoms with van der Waals surface area (Å²) in [7, 11) is 0. The van der Waals surface area contributed by atoms with E-state index in [4.69, 9.17) is 10.5 Å². The Morgan fingerprint density at radius 1 is 1.38 bits per heavy atom. The molecule has 0 aromatic heterocycles. The van der Waals surface area contributed by atoms with Crippen molar-refractivity contribution in [2.45, 2.75) is 25.8 Å². The molecule has 1 rings (SSSR count). The fraction of sp³-hybridized carbons (Fsp3) is 0.333. The molecule has 1 aromatic rings. The van der Waals surface area contributed by atoms with Crippen LogP contribution in [0.2, 0.25) is 0 Å². The number of hydrogen-bond donors (Lipinski definition) is 1. The van der Waals surface area contributed by atoms with Crippen molar-refractivity contribution in [2.24, 2.45) is 5.73 Å².